The highest BCUT2D eigenvalue weighted by Crippen LogP contribution is 2.28. The molecule has 3 aromatic rings. The van der Waals surface area contributed by atoms with Gasteiger partial charge in [0.15, 0.2) is 0 Å². The predicted molar refractivity (Wildman–Crippen MR) is 76.6 cm³/mol. The van der Waals surface area contributed by atoms with Gasteiger partial charge in [0.1, 0.15) is 11.6 Å². The minimum atomic E-state index is -0.381. The summed E-state index contributed by atoms with van der Waals surface area (Å²) in [7, 11) is 0. The van der Waals surface area contributed by atoms with Crippen molar-refractivity contribution < 1.29 is 9.50 Å². The number of rotatable bonds is 3. The van der Waals surface area contributed by atoms with Crippen LogP contribution < -0.4 is 5.73 Å². The summed E-state index contributed by atoms with van der Waals surface area (Å²) in [5, 5.41) is 9.23. The molecule has 5 heteroatoms. The van der Waals surface area contributed by atoms with E-state index in [1.807, 2.05) is 24.3 Å². The first-order valence-electron chi connectivity index (χ1n) is 6.32. The highest BCUT2D eigenvalue weighted by Gasteiger charge is 2.15. The van der Waals surface area contributed by atoms with Crippen LogP contribution in [0.4, 0.5) is 10.1 Å². The van der Waals surface area contributed by atoms with Gasteiger partial charge in [0.25, 0.3) is 0 Å². The molecule has 102 valence electrons. The van der Waals surface area contributed by atoms with Crippen molar-refractivity contribution in [2.75, 3.05) is 12.3 Å². The van der Waals surface area contributed by atoms with Gasteiger partial charge in [-0.05, 0) is 30.3 Å². The van der Waals surface area contributed by atoms with Gasteiger partial charge in [-0.1, -0.05) is 12.1 Å². The molecular formula is C15H14FN3O. The van der Waals surface area contributed by atoms with Gasteiger partial charge >= 0.3 is 0 Å². The third kappa shape index (κ3) is 2.02. The maximum absolute atomic E-state index is 14.0. The Morgan fingerprint density at radius 1 is 1.20 bits per heavy atom. The van der Waals surface area contributed by atoms with E-state index in [0.717, 1.165) is 11.0 Å². The van der Waals surface area contributed by atoms with Gasteiger partial charge in [0.2, 0.25) is 0 Å². The molecule has 0 amide bonds. The summed E-state index contributed by atoms with van der Waals surface area (Å²) in [6.07, 6.45) is 0. The van der Waals surface area contributed by atoms with Crippen molar-refractivity contribution in [3.63, 3.8) is 0 Å². The van der Waals surface area contributed by atoms with E-state index >= 15 is 0 Å². The monoisotopic (exact) mass is 271 g/mol. The topological polar surface area (TPSA) is 64.1 Å². The smallest absolute Gasteiger partial charge is 0.144 e. The maximum atomic E-state index is 14.0. The van der Waals surface area contributed by atoms with Crippen LogP contribution in [-0.4, -0.2) is 21.3 Å². The molecule has 3 N–H and O–H groups in total. The van der Waals surface area contributed by atoms with Crippen LogP contribution >= 0.6 is 0 Å². The minimum Gasteiger partial charge on any atom is -0.399 e. The zero-order valence-corrected chi connectivity index (χ0v) is 10.8. The zero-order chi connectivity index (χ0) is 14.1. The lowest BCUT2D eigenvalue weighted by molar-refractivity contribution is 0.278. The number of hydrogen-bond acceptors (Lipinski definition) is 3. The van der Waals surface area contributed by atoms with Crippen molar-refractivity contribution in [2.24, 2.45) is 0 Å². The molecule has 0 unspecified atom stereocenters. The molecule has 0 saturated heterocycles. The number of fused-ring (bicyclic) bond motifs is 1. The van der Waals surface area contributed by atoms with E-state index in [4.69, 9.17) is 5.73 Å². The highest BCUT2D eigenvalue weighted by molar-refractivity contribution is 5.81. The summed E-state index contributed by atoms with van der Waals surface area (Å²) < 4.78 is 15.8. The SMILES string of the molecule is Nc1ccc(F)c(-c2nc3ccccc3n2CCO)c1. The van der Waals surface area contributed by atoms with E-state index in [9.17, 15) is 9.50 Å². The molecule has 0 aliphatic rings. The van der Waals surface area contributed by atoms with Crippen LogP contribution in [0.5, 0.6) is 0 Å². The fraction of sp³-hybridized carbons (Fsp3) is 0.133. The van der Waals surface area contributed by atoms with Crippen LogP contribution in [0, 0.1) is 5.82 Å². The van der Waals surface area contributed by atoms with Crippen molar-refractivity contribution >= 4 is 16.7 Å². The summed E-state index contributed by atoms with van der Waals surface area (Å²) in [5.41, 5.74) is 8.17. The number of imidazole rings is 1. The van der Waals surface area contributed by atoms with Crippen molar-refractivity contribution in [3.05, 3.63) is 48.3 Å². The Kier molecular flexibility index (Phi) is 3.12. The van der Waals surface area contributed by atoms with E-state index in [-0.39, 0.29) is 12.4 Å². The molecule has 0 aliphatic heterocycles. The number of halogens is 1. The number of para-hydroxylation sites is 2. The lowest BCUT2D eigenvalue weighted by Crippen LogP contribution is -2.05. The van der Waals surface area contributed by atoms with Crippen LogP contribution in [0.2, 0.25) is 0 Å². The standard InChI is InChI=1S/C15H14FN3O/c16-12-6-5-10(17)9-11(12)15-18-13-3-1-2-4-14(13)19(15)7-8-20/h1-6,9,20H,7-8,17H2. The first kappa shape index (κ1) is 12.6. The molecule has 0 aliphatic carbocycles. The Balaban J connectivity index is 2.29. The van der Waals surface area contributed by atoms with E-state index < -0.39 is 0 Å². The normalized spacial score (nSPS) is 11.1. The second-order valence-corrected chi connectivity index (χ2v) is 4.54. The Morgan fingerprint density at radius 3 is 2.80 bits per heavy atom. The fourth-order valence-corrected chi connectivity index (χ4v) is 2.32. The van der Waals surface area contributed by atoms with Crippen LogP contribution in [0.3, 0.4) is 0 Å². The van der Waals surface area contributed by atoms with Crippen LogP contribution in [0.25, 0.3) is 22.4 Å². The summed E-state index contributed by atoms with van der Waals surface area (Å²) in [6.45, 7) is 0.307. The maximum Gasteiger partial charge on any atom is 0.144 e. The van der Waals surface area contributed by atoms with E-state index in [1.54, 1.807) is 10.6 Å². The molecule has 0 bridgehead atoms. The summed E-state index contributed by atoms with van der Waals surface area (Å²) >= 11 is 0. The van der Waals surface area contributed by atoms with Gasteiger partial charge in [0.05, 0.1) is 23.2 Å². The highest BCUT2D eigenvalue weighted by atomic mass is 19.1. The molecule has 3 rings (SSSR count). The quantitative estimate of drug-likeness (QED) is 0.719. The van der Waals surface area contributed by atoms with Gasteiger partial charge in [0, 0.05) is 12.2 Å². The first-order chi connectivity index (χ1) is 9.70. The van der Waals surface area contributed by atoms with E-state index in [1.165, 1.54) is 12.1 Å². The van der Waals surface area contributed by atoms with Crippen molar-refractivity contribution in [1.82, 2.24) is 9.55 Å². The van der Waals surface area contributed by atoms with Gasteiger partial charge in [-0.15, -0.1) is 0 Å². The number of aliphatic hydroxyl groups excluding tert-OH is 1. The molecule has 0 spiro atoms. The Hall–Kier alpha value is -2.40. The average Bonchev–Trinajstić information content (AvgIpc) is 2.81. The Labute approximate surface area is 115 Å². The number of nitrogen functional groups attached to an aromatic ring is 1. The molecule has 2 aromatic carbocycles. The third-order valence-corrected chi connectivity index (χ3v) is 3.21. The van der Waals surface area contributed by atoms with Gasteiger partial charge in [-0.25, -0.2) is 9.37 Å². The average molecular weight is 271 g/mol. The van der Waals surface area contributed by atoms with Crippen LogP contribution in [0.1, 0.15) is 0 Å². The summed E-state index contributed by atoms with van der Waals surface area (Å²) in [6, 6.07) is 11.9. The predicted octanol–water partition coefficient (Wildman–Crippen LogP) is 2.42. The van der Waals surface area contributed by atoms with Crippen molar-refractivity contribution in [2.45, 2.75) is 6.54 Å². The number of nitrogens with zero attached hydrogens (tertiary/aromatic N) is 2. The van der Waals surface area contributed by atoms with Gasteiger partial charge < -0.3 is 15.4 Å². The number of benzene rings is 2. The molecule has 0 fully saturated rings. The molecule has 1 heterocycles. The molecule has 0 saturated carbocycles. The first-order valence-corrected chi connectivity index (χ1v) is 6.32. The van der Waals surface area contributed by atoms with E-state index in [0.29, 0.717) is 23.6 Å². The molecule has 4 nitrogen and oxygen atoms in total. The fourth-order valence-electron chi connectivity index (χ4n) is 2.32. The van der Waals surface area contributed by atoms with Crippen molar-refractivity contribution in [1.29, 1.82) is 0 Å². The van der Waals surface area contributed by atoms with Gasteiger partial charge in [-0.2, -0.15) is 0 Å². The molecular weight excluding hydrogens is 257 g/mol. The summed E-state index contributed by atoms with van der Waals surface area (Å²) in [4.78, 5) is 4.46. The minimum absolute atomic E-state index is 0.0444. The summed E-state index contributed by atoms with van der Waals surface area (Å²) in [5.74, 6) is 0.0961. The zero-order valence-electron chi connectivity index (χ0n) is 10.8. The van der Waals surface area contributed by atoms with Crippen molar-refractivity contribution in [3.8, 4) is 11.4 Å². The lowest BCUT2D eigenvalue weighted by Gasteiger charge is -2.08. The Morgan fingerprint density at radius 2 is 2.00 bits per heavy atom. The molecule has 20 heavy (non-hydrogen) atoms. The number of aliphatic hydroxyl groups is 1. The Bertz CT molecular complexity index is 767. The molecule has 1 aromatic heterocycles. The van der Waals surface area contributed by atoms with Crippen LogP contribution in [0.15, 0.2) is 42.5 Å². The third-order valence-electron chi connectivity index (χ3n) is 3.21. The van der Waals surface area contributed by atoms with E-state index in [2.05, 4.69) is 4.98 Å². The second kappa shape index (κ2) is 4.94. The second-order valence-electron chi connectivity index (χ2n) is 4.54. The largest absolute Gasteiger partial charge is 0.399 e. The van der Waals surface area contributed by atoms with Crippen LogP contribution in [-0.2, 0) is 6.54 Å². The number of aromatic nitrogens is 2. The molecule has 0 radical (unpaired) electrons. The molecule has 0 atom stereocenters. The number of hydrogen-bond donors (Lipinski definition) is 2. The number of anilines is 1. The van der Waals surface area contributed by atoms with Gasteiger partial charge in [-0.3, -0.25) is 0 Å². The number of nitrogens with two attached hydrogens (primary N) is 1. The lowest BCUT2D eigenvalue weighted by atomic mass is 10.1.